The minimum atomic E-state index is -0.664. The summed E-state index contributed by atoms with van der Waals surface area (Å²) in [6.45, 7) is 0. The molecule has 0 amide bonds. The predicted octanol–water partition coefficient (Wildman–Crippen LogP) is 19.5. The van der Waals surface area contributed by atoms with Gasteiger partial charge in [0, 0.05) is 23.0 Å². The van der Waals surface area contributed by atoms with Gasteiger partial charge in [0.1, 0.15) is 0 Å². The molecule has 1 unspecified atom stereocenters. The van der Waals surface area contributed by atoms with E-state index in [2.05, 4.69) is 308 Å². The Morgan fingerprint density at radius 3 is 1.15 bits per heavy atom. The maximum atomic E-state index is 2.53. The highest BCUT2D eigenvalue weighted by molar-refractivity contribution is 5.91. The molecule has 1 heteroatoms. The Morgan fingerprint density at radius 2 is 0.676 bits per heavy atom. The van der Waals surface area contributed by atoms with Crippen molar-refractivity contribution in [3.05, 3.63) is 331 Å². The van der Waals surface area contributed by atoms with Crippen molar-refractivity contribution in [3.63, 3.8) is 0 Å². The number of fused-ring (bicyclic) bond motifs is 3. The lowest BCUT2D eigenvalue weighted by Crippen LogP contribution is -2.29. The third kappa shape index (κ3) is 8.10. The molecule has 11 aromatic carbocycles. The maximum Gasteiger partial charge on any atom is 0.0714 e. The van der Waals surface area contributed by atoms with E-state index in [1.807, 2.05) is 0 Å². The number of allylic oxidation sites excluding steroid dienone is 4. The van der Waals surface area contributed by atoms with Gasteiger partial charge >= 0.3 is 0 Å². The second-order valence-corrected chi connectivity index (χ2v) is 19.5. The van der Waals surface area contributed by atoms with E-state index < -0.39 is 5.41 Å². The summed E-state index contributed by atoms with van der Waals surface area (Å²) >= 11 is 0. The molecule has 74 heavy (non-hydrogen) atoms. The van der Waals surface area contributed by atoms with Crippen LogP contribution in [0.1, 0.15) is 40.2 Å². The standard InChI is InChI=1S/C73H53N/c1-6-18-52(19-7-1)56-30-39-62(40-31-56)73(63-41-32-57(33-42-63)53-20-8-2-9-21-53)71-50-61(55-24-12-4-13-25-55)38-48-69(71)70-49-47-66(51-72(70)73)74(64-43-34-58(35-44-64)54-22-10-3-11-23-54)65-45-36-60(37-46-65)68-29-17-16-28-67(68)59-26-14-5-15-27-59/h1-24,26-51,55H,25H2. The summed E-state index contributed by atoms with van der Waals surface area (Å²) in [5.41, 5.74) is 23.5. The molecule has 0 radical (unpaired) electrons. The Hall–Kier alpha value is -9.30. The largest absolute Gasteiger partial charge is 0.310 e. The van der Waals surface area contributed by atoms with Crippen LogP contribution < -0.4 is 4.90 Å². The van der Waals surface area contributed by atoms with Gasteiger partial charge < -0.3 is 4.90 Å². The van der Waals surface area contributed by atoms with Crippen molar-refractivity contribution in [3.8, 4) is 66.8 Å². The van der Waals surface area contributed by atoms with Gasteiger partial charge in [-0.05, 0) is 137 Å². The van der Waals surface area contributed by atoms with E-state index in [1.54, 1.807) is 0 Å². The zero-order valence-corrected chi connectivity index (χ0v) is 41.1. The van der Waals surface area contributed by atoms with Crippen LogP contribution in [0.15, 0.2) is 303 Å². The molecule has 0 N–H and O–H groups in total. The Labute approximate surface area is 435 Å². The fourth-order valence-corrected chi connectivity index (χ4v) is 11.7. The van der Waals surface area contributed by atoms with Crippen LogP contribution in [0.3, 0.4) is 0 Å². The lowest BCUT2D eigenvalue weighted by Gasteiger charge is -2.35. The minimum Gasteiger partial charge on any atom is -0.310 e. The first-order valence-corrected chi connectivity index (χ1v) is 25.8. The third-order valence-electron chi connectivity index (χ3n) is 15.3. The highest BCUT2D eigenvalue weighted by atomic mass is 15.1. The molecule has 2 aliphatic carbocycles. The highest BCUT2D eigenvalue weighted by Crippen LogP contribution is 2.58. The second-order valence-electron chi connectivity index (χ2n) is 19.5. The molecule has 1 atom stereocenters. The monoisotopic (exact) mass is 943 g/mol. The molecule has 0 heterocycles. The van der Waals surface area contributed by atoms with E-state index in [0.29, 0.717) is 5.92 Å². The first kappa shape index (κ1) is 44.6. The molecule has 0 fully saturated rings. The van der Waals surface area contributed by atoms with Gasteiger partial charge in [-0.2, -0.15) is 0 Å². The fraction of sp³-hybridized carbons (Fsp3) is 0.0411. The summed E-state index contributed by atoms with van der Waals surface area (Å²) in [4.78, 5) is 2.44. The van der Waals surface area contributed by atoms with Crippen molar-refractivity contribution in [2.45, 2.75) is 17.8 Å². The second kappa shape index (κ2) is 19.4. The average Bonchev–Trinajstić information content (AvgIpc) is 3.88. The zero-order valence-electron chi connectivity index (χ0n) is 41.1. The van der Waals surface area contributed by atoms with Gasteiger partial charge in [-0.15, -0.1) is 0 Å². The summed E-state index contributed by atoms with van der Waals surface area (Å²) in [5.74, 6) is 0.292. The molecule has 0 aliphatic heterocycles. The molecule has 2 aliphatic rings. The Bertz CT molecular complexity index is 3720. The van der Waals surface area contributed by atoms with Gasteiger partial charge in [0.15, 0.2) is 0 Å². The van der Waals surface area contributed by atoms with Crippen molar-refractivity contribution in [2.75, 3.05) is 4.90 Å². The van der Waals surface area contributed by atoms with Crippen LogP contribution in [0.4, 0.5) is 17.1 Å². The molecule has 0 bridgehead atoms. The fourth-order valence-electron chi connectivity index (χ4n) is 11.7. The van der Waals surface area contributed by atoms with Crippen LogP contribution in [0.25, 0.3) is 66.8 Å². The summed E-state index contributed by atoms with van der Waals surface area (Å²) in [5, 5.41) is 0. The SMILES string of the molecule is C1=CCC(c2ccc3c(c2)C(c2ccc(-c4ccccc4)cc2)(c2ccc(-c4ccccc4)cc2)c2cc(N(c4ccc(-c5ccccc5)cc4)c4ccc(-c5ccccc5-c5ccccc5)cc4)ccc2-3)C=C1. The van der Waals surface area contributed by atoms with Crippen molar-refractivity contribution in [2.24, 2.45) is 0 Å². The summed E-state index contributed by atoms with van der Waals surface area (Å²) < 4.78 is 0. The molecule has 13 rings (SSSR count). The summed E-state index contributed by atoms with van der Waals surface area (Å²) in [6.07, 6.45) is 10.0. The van der Waals surface area contributed by atoms with Crippen molar-refractivity contribution in [1.29, 1.82) is 0 Å². The number of benzene rings is 11. The highest BCUT2D eigenvalue weighted by Gasteiger charge is 2.47. The quantitative estimate of drug-likeness (QED) is 0.125. The van der Waals surface area contributed by atoms with Crippen molar-refractivity contribution in [1.82, 2.24) is 0 Å². The van der Waals surface area contributed by atoms with Gasteiger partial charge in [0.25, 0.3) is 0 Å². The van der Waals surface area contributed by atoms with E-state index in [9.17, 15) is 0 Å². The average molecular weight is 944 g/mol. The van der Waals surface area contributed by atoms with Gasteiger partial charge in [-0.25, -0.2) is 0 Å². The minimum absolute atomic E-state index is 0.292. The van der Waals surface area contributed by atoms with Crippen LogP contribution >= 0.6 is 0 Å². The van der Waals surface area contributed by atoms with Crippen LogP contribution in [0, 0.1) is 0 Å². The molecule has 1 nitrogen and oxygen atoms in total. The lowest BCUT2D eigenvalue weighted by molar-refractivity contribution is 0.762. The zero-order chi connectivity index (χ0) is 49.3. The van der Waals surface area contributed by atoms with Crippen LogP contribution in [-0.4, -0.2) is 0 Å². The van der Waals surface area contributed by atoms with E-state index in [1.165, 1.54) is 94.6 Å². The van der Waals surface area contributed by atoms with Gasteiger partial charge in [0.05, 0.1) is 5.41 Å². The number of nitrogens with zero attached hydrogens (tertiary/aromatic N) is 1. The number of hydrogen-bond acceptors (Lipinski definition) is 1. The van der Waals surface area contributed by atoms with E-state index in [-0.39, 0.29) is 0 Å². The molecular weight excluding hydrogens is 891 g/mol. The molecular formula is C73H53N. The van der Waals surface area contributed by atoms with Crippen LogP contribution in [0.5, 0.6) is 0 Å². The van der Waals surface area contributed by atoms with Gasteiger partial charge in [0.2, 0.25) is 0 Å². The lowest BCUT2D eigenvalue weighted by atomic mass is 9.67. The first-order valence-electron chi connectivity index (χ1n) is 25.8. The van der Waals surface area contributed by atoms with Crippen LogP contribution in [0.2, 0.25) is 0 Å². The molecule has 0 saturated heterocycles. The Balaban J connectivity index is 1.02. The molecule has 11 aromatic rings. The normalized spacial score (nSPS) is 14.0. The van der Waals surface area contributed by atoms with Crippen molar-refractivity contribution < 1.29 is 0 Å². The topological polar surface area (TPSA) is 3.24 Å². The summed E-state index contributed by atoms with van der Waals surface area (Å²) in [6, 6.07) is 103. The maximum absolute atomic E-state index is 2.53. The van der Waals surface area contributed by atoms with Gasteiger partial charge in [-0.1, -0.05) is 267 Å². The Kier molecular flexibility index (Phi) is 11.7. The first-order chi connectivity index (χ1) is 36.7. The van der Waals surface area contributed by atoms with Crippen molar-refractivity contribution >= 4 is 17.1 Å². The van der Waals surface area contributed by atoms with E-state index in [4.69, 9.17) is 0 Å². The Morgan fingerprint density at radius 1 is 0.297 bits per heavy atom. The third-order valence-corrected chi connectivity index (χ3v) is 15.3. The molecule has 0 saturated carbocycles. The molecule has 350 valence electrons. The van der Waals surface area contributed by atoms with E-state index in [0.717, 1.165) is 23.5 Å². The molecule has 0 spiro atoms. The smallest absolute Gasteiger partial charge is 0.0714 e. The number of anilines is 3. The van der Waals surface area contributed by atoms with E-state index >= 15 is 0 Å². The summed E-state index contributed by atoms with van der Waals surface area (Å²) in [7, 11) is 0. The van der Waals surface area contributed by atoms with Crippen LogP contribution in [-0.2, 0) is 5.41 Å². The number of hydrogen-bond donors (Lipinski definition) is 0. The van der Waals surface area contributed by atoms with Gasteiger partial charge in [-0.3, -0.25) is 0 Å². The predicted molar refractivity (Wildman–Crippen MR) is 311 cm³/mol. The number of rotatable bonds is 11. The molecule has 0 aromatic heterocycles.